The number of halogens is 6. The molecule has 0 saturated heterocycles. The molecule has 1 aliphatic rings. The normalized spacial score (nSPS) is 20.1. The summed E-state index contributed by atoms with van der Waals surface area (Å²) in [6, 6.07) is 0.00604. The molecule has 0 spiro atoms. The van der Waals surface area contributed by atoms with Crippen molar-refractivity contribution >= 4 is 5.97 Å². The molecule has 0 aliphatic carbocycles. The highest BCUT2D eigenvalue weighted by molar-refractivity contribution is 5.72. The van der Waals surface area contributed by atoms with Crippen molar-refractivity contribution < 1.29 is 36.2 Å². The van der Waals surface area contributed by atoms with Crippen LogP contribution in [0.2, 0.25) is 0 Å². The number of hydrogen-bond acceptors (Lipinski definition) is 4. The Morgan fingerprint density at radius 3 is 2.39 bits per heavy atom. The quantitative estimate of drug-likeness (QED) is 0.785. The van der Waals surface area contributed by atoms with E-state index in [0.717, 1.165) is 12.3 Å². The molecule has 0 bridgehead atoms. The molecule has 2 atom stereocenters. The Labute approximate surface area is 152 Å². The fraction of sp³-hybridized carbons (Fsp3) is 0.467. The van der Waals surface area contributed by atoms with Gasteiger partial charge in [0.2, 0.25) is 0 Å². The van der Waals surface area contributed by atoms with Gasteiger partial charge in [0.25, 0.3) is 0 Å². The maximum atomic E-state index is 13.0. The average molecular weight is 410 g/mol. The zero-order chi connectivity index (χ0) is 20.9. The summed E-state index contributed by atoms with van der Waals surface area (Å²) < 4.78 is 78.1. The number of alkyl halides is 6. The minimum Gasteiger partial charge on any atom is -0.480 e. The molecule has 0 aromatic carbocycles. The Morgan fingerprint density at radius 2 is 1.89 bits per heavy atom. The fourth-order valence-corrected chi connectivity index (χ4v) is 3.02. The van der Waals surface area contributed by atoms with Crippen molar-refractivity contribution in [3.63, 3.8) is 0 Å². The van der Waals surface area contributed by atoms with E-state index in [1.165, 1.54) is 0 Å². The largest absolute Gasteiger partial charge is 0.480 e. The number of fused-ring (bicyclic) bond motifs is 1. The van der Waals surface area contributed by atoms with Crippen LogP contribution in [0.4, 0.5) is 26.3 Å². The Morgan fingerprint density at radius 1 is 1.21 bits per heavy atom. The minimum atomic E-state index is -4.66. The second-order valence-corrected chi connectivity index (χ2v) is 6.31. The third kappa shape index (κ3) is 3.73. The first-order valence-electron chi connectivity index (χ1n) is 7.87. The molecule has 2 aromatic rings. The van der Waals surface area contributed by atoms with Gasteiger partial charge >= 0.3 is 24.0 Å². The summed E-state index contributed by atoms with van der Waals surface area (Å²) in [6.45, 7) is -0.368. The topological polar surface area (TPSA) is 90.0 Å². The van der Waals surface area contributed by atoms with Gasteiger partial charge < -0.3 is 5.11 Å². The van der Waals surface area contributed by atoms with Crippen molar-refractivity contribution in [3.8, 4) is 0 Å². The lowest BCUT2D eigenvalue weighted by Gasteiger charge is -2.28. The van der Waals surface area contributed by atoms with Gasteiger partial charge in [-0.1, -0.05) is 6.07 Å². The van der Waals surface area contributed by atoms with Crippen LogP contribution in [0.3, 0.4) is 0 Å². The maximum absolute atomic E-state index is 13.0. The van der Waals surface area contributed by atoms with Gasteiger partial charge in [0.05, 0.1) is 12.5 Å². The Bertz CT molecular complexity index is 945. The zero-order valence-corrected chi connectivity index (χ0v) is 13.8. The van der Waals surface area contributed by atoms with Crippen molar-refractivity contribution in [2.24, 2.45) is 5.92 Å². The standard InChI is InChI=1S/C15H12F6N4O3/c16-14(17,18)8-3-9(12(26)27)25-11(4-8)23-24(13(25)28)6-7-1-2-10(22-5-7)15(19,20)21/h1-2,5,8-9H,3-4,6H2,(H,26,27)/t8-,9-/m1/s1. The molecule has 3 heterocycles. The van der Waals surface area contributed by atoms with Crippen molar-refractivity contribution in [1.82, 2.24) is 19.3 Å². The van der Waals surface area contributed by atoms with Gasteiger partial charge in [-0.3, -0.25) is 9.55 Å². The highest BCUT2D eigenvalue weighted by Crippen LogP contribution is 2.38. The van der Waals surface area contributed by atoms with Gasteiger partial charge in [-0.05, 0) is 18.1 Å². The van der Waals surface area contributed by atoms with Crippen molar-refractivity contribution in [2.45, 2.75) is 37.8 Å². The van der Waals surface area contributed by atoms with E-state index >= 15 is 0 Å². The van der Waals surface area contributed by atoms with E-state index in [-0.39, 0.29) is 17.9 Å². The van der Waals surface area contributed by atoms with Gasteiger partial charge in [0.1, 0.15) is 17.6 Å². The third-order valence-electron chi connectivity index (χ3n) is 4.39. The number of carbonyl (C=O) groups is 1. The number of nitrogens with zero attached hydrogens (tertiary/aromatic N) is 4. The molecular weight excluding hydrogens is 398 g/mol. The maximum Gasteiger partial charge on any atom is 0.433 e. The van der Waals surface area contributed by atoms with Crippen LogP contribution in [0.1, 0.15) is 29.5 Å². The molecule has 0 fully saturated rings. The summed E-state index contributed by atoms with van der Waals surface area (Å²) in [5, 5.41) is 13.0. The molecule has 28 heavy (non-hydrogen) atoms. The van der Waals surface area contributed by atoms with Crippen molar-refractivity contribution in [3.05, 3.63) is 45.9 Å². The lowest BCUT2D eigenvalue weighted by atomic mass is 9.92. The summed E-state index contributed by atoms with van der Waals surface area (Å²) in [4.78, 5) is 27.0. The average Bonchev–Trinajstić information content (AvgIpc) is 2.89. The zero-order valence-electron chi connectivity index (χ0n) is 13.8. The van der Waals surface area contributed by atoms with Crippen LogP contribution in [0.5, 0.6) is 0 Å². The van der Waals surface area contributed by atoms with E-state index < -0.39 is 54.5 Å². The van der Waals surface area contributed by atoms with Crippen LogP contribution in [0.25, 0.3) is 0 Å². The molecule has 0 radical (unpaired) electrons. The lowest BCUT2D eigenvalue weighted by molar-refractivity contribution is -0.183. The first-order chi connectivity index (χ1) is 12.9. The molecule has 13 heteroatoms. The Balaban J connectivity index is 1.94. The molecule has 152 valence electrons. The molecule has 1 aliphatic heterocycles. The molecule has 7 nitrogen and oxygen atoms in total. The van der Waals surface area contributed by atoms with Gasteiger partial charge in [0, 0.05) is 12.6 Å². The first-order valence-corrected chi connectivity index (χ1v) is 7.87. The van der Waals surface area contributed by atoms with E-state index in [1.807, 2.05) is 0 Å². The summed E-state index contributed by atoms with van der Waals surface area (Å²) in [7, 11) is 0. The summed E-state index contributed by atoms with van der Waals surface area (Å²) in [6.07, 6.45) is -9.92. The van der Waals surface area contributed by atoms with Crippen LogP contribution in [-0.4, -0.2) is 36.6 Å². The summed E-state index contributed by atoms with van der Waals surface area (Å²) in [5.41, 5.74) is -1.96. The van der Waals surface area contributed by atoms with Crippen molar-refractivity contribution in [1.29, 1.82) is 0 Å². The Kier molecular flexibility index (Phi) is 4.71. The van der Waals surface area contributed by atoms with Crippen molar-refractivity contribution in [2.75, 3.05) is 0 Å². The number of carboxylic acids is 1. The monoisotopic (exact) mass is 410 g/mol. The van der Waals surface area contributed by atoms with Gasteiger partial charge in [-0.2, -0.15) is 31.4 Å². The fourth-order valence-electron chi connectivity index (χ4n) is 3.02. The highest BCUT2D eigenvalue weighted by atomic mass is 19.4. The number of aliphatic carboxylic acids is 1. The second-order valence-electron chi connectivity index (χ2n) is 6.31. The predicted octanol–water partition coefficient (Wildman–Crippen LogP) is 2.26. The number of pyridine rings is 1. The first kappa shape index (κ1) is 19.9. The third-order valence-corrected chi connectivity index (χ3v) is 4.39. The lowest BCUT2D eigenvalue weighted by Crippen LogP contribution is -2.40. The molecule has 3 rings (SSSR count). The summed E-state index contributed by atoms with van der Waals surface area (Å²) in [5.74, 6) is -3.91. The van der Waals surface area contributed by atoms with E-state index in [4.69, 9.17) is 0 Å². The smallest absolute Gasteiger partial charge is 0.433 e. The van der Waals surface area contributed by atoms with Gasteiger partial charge in [-0.15, -0.1) is 0 Å². The molecule has 2 aromatic heterocycles. The Hall–Kier alpha value is -2.86. The number of hydrogen-bond donors (Lipinski definition) is 1. The van der Waals surface area contributed by atoms with Crippen LogP contribution in [0, 0.1) is 5.92 Å². The SMILES string of the molecule is O=C(O)[C@H]1C[C@@H](C(F)(F)F)Cc2nn(Cc3ccc(C(F)(F)F)nc3)c(=O)n21. The number of rotatable bonds is 3. The van der Waals surface area contributed by atoms with E-state index in [9.17, 15) is 41.0 Å². The molecule has 0 unspecified atom stereocenters. The highest BCUT2D eigenvalue weighted by Gasteiger charge is 2.47. The van der Waals surface area contributed by atoms with Crippen LogP contribution in [-0.2, 0) is 23.9 Å². The minimum absolute atomic E-state index is 0.143. The molecule has 0 saturated carbocycles. The van der Waals surface area contributed by atoms with E-state index in [2.05, 4.69) is 10.1 Å². The van der Waals surface area contributed by atoms with E-state index in [1.54, 1.807) is 0 Å². The van der Waals surface area contributed by atoms with Crippen LogP contribution >= 0.6 is 0 Å². The number of carboxylic acid groups (broad SMARTS) is 1. The van der Waals surface area contributed by atoms with Gasteiger partial charge in [-0.25, -0.2) is 14.3 Å². The summed E-state index contributed by atoms with van der Waals surface area (Å²) >= 11 is 0. The van der Waals surface area contributed by atoms with E-state index in [0.29, 0.717) is 15.3 Å². The number of aromatic nitrogens is 4. The van der Waals surface area contributed by atoms with Crippen LogP contribution in [0.15, 0.2) is 23.1 Å². The molecule has 0 amide bonds. The molecular formula is C15H12F6N4O3. The van der Waals surface area contributed by atoms with Crippen LogP contribution < -0.4 is 5.69 Å². The second kappa shape index (κ2) is 6.63. The molecule has 1 N–H and O–H groups in total. The van der Waals surface area contributed by atoms with Gasteiger partial charge in [0.15, 0.2) is 0 Å². The predicted molar refractivity (Wildman–Crippen MR) is 79.4 cm³/mol.